The third-order valence-corrected chi connectivity index (χ3v) is 3.48. The molecule has 1 heterocycles. The zero-order valence-electron chi connectivity index (χ0n) is 7.83. The third-order valence-electron chi connectivity index (χ3n) is 3.15. The summed E-state index contributed by atoms with van der Waals surface area (Å²) in [5.74, 6) is 0.493. The summed E-state index contributed by atoms with van der Waals surface area (Å²) >= 11 is 6.22. The molecule has 0 saturated carbocycles. The molecule has 1 aliphatic heterocycles. The van der Waals surface area contributed by atoms with Gasteiger partial charge in [-0.3, -0.25) is 0 Å². The van der Waals surface area contributed by atoms with Gasteiger partial charge in [0.1, 0.15) is 0 Å². The van der Waals surface area contributed by atoms with Gasteiger partial charge in [0.15, 0.2) is 0 Å². The highest BCUT2D eigenvalue weighted by atomic mass is 35.5. The van der Waals surface area contributed by atoms with Crippen LogP contribution in [-0.4, -0.2) is 6.04 Å². The number of rotatable bonds is 0. The number of anilines is 1. The Labute approximate surface area is 88.8 Å². The van der Waals surface area contributed by atoms with Crippen LogP contribution in [-0.2, 0) is 0 Å². The molecule has 0 saturated heterocycles. The molecule has 14 heavy (non-hydrogen) atoms. The lowest BCUT2D eigenvalue weighted by atomic mass is 9.88. The Morgan fingerprint density at radius 1 is 1.36 bits per heavy atom. The van der Waals surface area contributed by atoms with E-state index in [9.17, 15) is 0 Å². The summed E-state index contributed by atoms with van der Waals surface area (Å²) in [5, 5.41) is 4.44. The van der Waals surface area contributed by atoms with Crippen LogP contribution in [0.1, 0.15) is 24.3 Å². The Bertz CT molecular complexity index is 397. The molecule has 0 radical (unpaired) electrons. The number of allylic oxidation sites excluding steroid dienone is 1. The average Bonchev–Trinajstić information content (AvgIpc) is 2.57. The fourth-order valence-electron chi connectivity index (χ4n) is 2.49. The molecule has 0 fully saturated rings. The van der Waals surface area contributed by atoms with Crippen LogP contribution in [0.2, 0.25) is 5.02 Å². The number of nitrogens with one attached hydrogen (secondary N) is 1. The number of hydrogen-bond donors (Lipinski definition) is 1. The topological polar surface area (TPSA) is 12.0 Å². The van der Waals surface area contributed by atoms with Crippen LogP contribution >= 0.6 is 11.6 Å². The molecule has 0 spiro atoms. The maximum Gasteiger partial charge on any atom is 0.0465 e. The fraction of sp³-hybridized carbons (Fsp3) is 0.333. The Balaban J connectivity index is 2.14. The average molecular weight is 206 g/mol. The lowest BCUT2D eigenvalue weighted by Gasteiger charge is -2.20. The van der Waals surface area contributed by atoms with Crippen molar-refractivity contribution in [2.24, 2.45) is 0 Å². The summed E-state index contributed by atoms with van der Waals surface area (Å²) in [6, 6.07) is 6.67. The van der Waals surface area contributed by atoms with E-state index >= 15 is 0 Å². The Kier molecular flexibility index (Phi) is 1.81. The minimum Gasteiger partial charge on any atom is -0.381 e. The van der Waals surface area contributed by atoms with Crippen LogP contribution in [0, 0.1) is 0 Å². The second-order valence-corrected chi connectivity index (χ2v) is 4.39. The van der Waals surface area contributed by atoms with E-state index in [4.69, 9.17) is 11.6 Å². The SMILES string of the molecule is Clc1cccc2c1C1C=CCCC1N2. The van der Waals surface area contributed by atoms with Crippen molar-refractivity contribution in [2.45, 2.75) is 24.8 Å². The molecule has 2 heteroatoms. The fourth-order valence-corrected chi connectivity index (χ4v) is 2.79. The standard InChI is InChI=1S/C12H12ClN/c13-9-5-3-7-11-12(9)8-4-1-2-6-10(8)14-11/h1,3-5,7-8,10,14H,2,6H2. The highest BCUT2D eigenvalue weighted by molar-refractivity contribution is 6.32. The molecule has 0 aromatic heterocycles. The third kappa shape index (κ3) is 1.09. The molecule has 1 aromatic carbocycles. The second-order valence-electron chi connectivity index (χ2n) is 3.98. The molecular weight excluding hydrogens is 194 g/mol. The number of halogens is 1. The van der Waals surface area contributed by atoms with Crippen LogP contribution in [0.5, 0.6) is 0 Å². The largest absolute Gasteiger partial charge is 0.381 e. The first-order valence-corrected chi connectivity index (χ1v) is 5.45. The monoisotopic (exact) mass is 205 g/mol. The van der Waals surface area contributed by atoms with Crippen LogP contribution in [0.3, 0.4) is 0 Å². The van der Waals surface area contributed by atoms with Crippen molar-refractivity contribution in [2.75, 3.05) is 5.32 Å². The van der Waals surface area contributed by atoms with Gasteiger partial charge in [-0.2, -0.15) is 0 Å². The van der Waals surface area contributed by atoms with Crippen molar-refractivity contribution in [3.05, 3.63) is 40.9 Å². The van der Waals surface area contributed by atoms with Crippen LogP contribution in [0.4, 0.5) is 5.69 Å². The van der Waals surface area contributed by atoms with Crippen molar-refractivity contribution in [3.63, 3.8) is 0 Å². The minimum atomic E-state index is 0.493. The van der Waals surface area contributed by atoms with Gasteiger partial charge < -0.3 is 5.32 Å². The van der Waals surface area contributed by atoms with Gasteiger partial charge in [-0.15, -0.1) is 0 Å². The summed E-state index contributed by atoms with van der Waals surface area (Å²) in [7, 11) is 0. The van der Waals surface area contributed by atoms with Gasteiger partial charge in [0.05, 0.1) is 0 Å². The normalized spacial score (nSPS) is 28.1. The molecule has 0 bridgehead atoms. The Morgan fingerprint density at radius 3 is 3.21 bits per heavy atom. The van der Waals surface area contributed by atoms with Gasteiger partial charge >= 0.3 is 0 Å². The first kappa shape index (κ1) is 8.37. The molecule has 0 amide bonds. The van der Waals surface area contributed by atoms with Crippen molar-refractivity contribution in [1.82, 2.24) is 0 Å². The lowest BCUT2D eigenvalue weighted by Crippen LogP contribution is -2.21. The predicted octanol–water partition coefficient (Wildman–Crippen LogP) is 3.57. The van der Waals surface area contributed by atoms with E-state index in [1.54, 1.807) is 0 Å². The Hall–Kier alpha value is -0.950. The molecule has 3 rings (SSSR count). The van der Waals surface area contributed by atoms with E-state index in [1.807, 2.05) is 12.1 Å². The summed E-state index contributed by atoms with van der Waals surface area (Å²) in [5.41, 5.74) is 2.51. The summed E-state index contributed by atoms with van der Waals surface area (Å²) in [4.78, 5) is 0. The summed E-state index contributed by atoms with van der Waals surface area (Å²) in [6.45, 7) is 0. The van der Waals surface area contributed by atoms with Gasteiger partial charge in [-0.1, -0.05) is 29.8 Å². The first-order valence-electron chi connectivity index (χ1n) is 5.08. The molecule has 2 unspecified atom stereocenters. The van der Waals surface area contributed by atoms with Crippen LogP contribution in [0.15, 0.2) is 30.4 Å². The van der Waals surface area contributed by atoms with E-state index < -0.39 is 0 Å². The zero-order valence-corrected chi connectivity index (χ0v) is 8.59. The minimum absolute atomic E-state index is 0.493. The predicted molar refractivity (Wildman–Crippen MR) is 60.0 cm³/mol. The maximum absolute atomic E-state index is 6.22. The van der Waals surface area contributed by atoms with Crippen LogP contribution < -0.4 is 5.32 Å². The van der Waals surface area contributed by atoms with E-state index in [1.165, 1.54) is 24.1 Å². The second kappa shape index (κ2) is 3.03. The number of hydrogen-bond acceptors (Lipinski definition) is 1. The van der Waals surface area contributed by atoms with Crippen molar-refractivity contribution in [1.29, 1.82) is 0 Å². The molecule has 1 N–H and O–H groups in total. The Morgan fingerprint density at radius 2 is 2.29 bits per heavy atom. The highest BCUT2D eigenvalue weighted by Crippen LogP contribution is 2.44. The number of fused-ring (bicyclic) bond motifs is 3. The smallest absolute Gasteiger partial charge is 0.0465 e. The van der Waals surface area contributed by atoms with Gasteiger partial charge in [-0.25, -0.2) is 0 Å². The van der Waals surface area contributed by atoms with Crippen LogP contribution in [0.25, 0.3) is 0 Å². The molecule has 1 aliphatic carbocycles. The van der Waals surface area contributed by atoms with Gasteiger partial charge in [0.2, 0.25) is 0 Å². The van der Waals surface area contributed by atoms with E-state index in [0.717, 1.165) is 5.02 Å². The summed E-state index contributed by atoms with van der Waals surface area (Å²) < 4.78 is 0. The lowest BCUT2D eigenvalue weighted by molar-refractivity contribution is 0.607. The van der Waals surface area contributed by atoms with Crippen molar-refractivity contribution >= 4 is 17.3 Å². The van der Waals surface area contributed by atoms with Gasteiger partial charge in [0, 0.05) is 28.2 Å². The van der Waals surface area contributed by atoms with E-state index in [-0.39, 0.29) is 0 Å². The van der Waals surface area contributed by atoms with Gasteiger partial charge in [-0.05, 0) is 25.0 Å². The van der Waals surface area contributed by atoms with E-state index in [2.05, 4.69) is 23.5 Å². The zero-order chi connectivity index (χ0) is 9.54. The molecular formula is C12H12ClN. The molecule has 72 valence electrons. The molecule has 2 aliphatic rings. The molecule has 2 atom stereocenters. The summed E-state index contributed by atoms with van der Waals surface area (Å²) in [6.07, 6.45) is 6.95. The van der Waals surface area contributed by atoms with Crippen molar-refractivity contribution in [3.8, 4) is 0 Å². The number of benzene rings is 1. The molecule has 1 nitrogen and oxygen atoms in total. The maximum atomic E-state index is 6.22. The van der Waals surface area contributed by atoms with E-state index in [0.29, 0.717) is 12.0 Å². The van der Waals surface area contributed by atoms with Gasteiger partial charge in [0.25, 0.3) is 0 Å². The molecule has 1 aromatic rings. The first-order chi connectivity index (χ1) is 6.86. The van der Waals surface area contributed by atoms with Crippen molar-refractivity contribution < 1.29 is 0 Å². The quantitative estimate of drug-likeness (QED) is 0.639. The highest BCUT2D eigenvalue weighted by Gasteiger charge is 2.32.